The van der Waals surface area contributed by atoms with Crippen LogP contribution in [-0.4, -0.2) is 4.98 Å². The van der Waals surface area contributed by atoms with E-state index in [9.17, 15) is 0 Å². The van der Waals surface area contributed by atoms with Crippen LogP contribution in [0.3, 0.4) is 0 Å². The Kier molecular flexibility index (Phi) is 7.67. The first-order valence-corrected chi connectivity index (χ1v) is 18.6. The second-order valence-electron chi connectivity index (χ2n) is 13.1. The van der Waals surface area contributed by atoms with Crippen LogP contribution in [0.4, 0.5) is 17.1 Å². The van der Waals surface area contributed by atoms with Gasteiger partial charge in [0.2, 0.25) is 5.89 Å². The molecule has 0 fully saturated rings. The second kappa shape index (κ2) is 13.1. The summed E-state index contributed by atoms with van der Waals surface area (Å²) in [6.45, 7) is 0. The van der Waals surface area contributed by atoms with E-state index in [1.165, 1.54) is 37.0 Å². The molecular formula is C49H32N2OS. The molecule has 250 valence electrons. The number of fused-ring (bicyclic) bond motifs is 5. The SMILES string of the molecule is c1ccc(-c2ccc(N(c3ccc(-c4cc5oc(-c6ccccc6)nc5c5c4sc4ccccc45)cc3)c3ccccc3-c3ccccc3)cc2)cc1. The van der Waals surface area contributed by atoms with Crippen molar-refractivity contribution in [2.75, 3.05) is 4.90 Å². The van der Waals surface area contributed by atoms with Crippen LogP contribution in [0, 0.1) is 0 Å². The van der Waals surface area contributed by atoms with Gasteiger partial charge < -0.3 is 9.32 Å². The molecule has 0 saturated carbocycles. The summed E-state index contributed by atoms with van der Waals surface area (Å²) in [4.78, 5) is 7.43. The number of aromatic nitrogens is 1. The molecule has 0 saturated heterocycles. The Hall–Kier alpha value is -6.75. The zero-order chi connectivity index (χ0) is 35.1. The Bertz CT molecular complexity index is 2860. The van der Waals surface area contributed by atoms with Gasteiger partial charge in [0, 0.05) is 48.2 Å². The van der Waals surface area contributed by atoms with E-state index in [2.05, 4.69) is 169 Å². The first-order chi connectivity index (χ1) is 26.3. The molecule has 0 unspecified atom stereocenters. The molecule has 0 radical (unpaired) electrons. The Morgan fingerprint density at radius 3 is 1.68 bits per heavy atom. The fraction of sp³-hybridized carbons (Fsp3) is 0. The molecule has 2 aromatic heterocycles. The summed E-state index contributed by atoms with van der Waals surface area (Å²) in [6.07, 6.45) is 0. The van der Waals surface area contributed by atoms with Gasteiger partial charge in [-0.2, -0.15) is 0 Å². The van der Waals surface area contributed by atoms with Gasteiger partial charge in [-0.05, 0) is 76.9 Å². The number of para-hydroxylation sites is 1. The summed E-state index contributed by atoms with van der Waals surface area (Å²) in [6, 6.07) is 68.6. The molecule has 0 atom stereocenters. The van der Waals surface area contributed by atoms with Crippen LogP contribution in [0.15, 0.2) is 199 Å². The summed E-state index contributed by atoms with van der Waals surface area (Å²) in [7, 11) is 0. The van der Waals surface area contributed by atoms with E-state index in [1.54, 1.807) is 0 Å². The van der Waals surface area contributed by atoms with E-state index in [1.807, 2.05) is 41.7 Å². The van der Waals surface area contributed by atoms with Crippen LogP contribution in [0.5, 0.6) is 0 Å². The Balaban J connectivity index is 1.12. The van der Waals surface area contributed by atoms with Crippen molar-refractivity contribution in [1.29, 1.82) is 0 Å². The Morgan fingerprint density at radius 1 is 0.453 bits per heavy atom. The van der Waals surface area contributed by atoms with Gasteiger partial charge >= 0.3 is 0 Å². The lowest BCUT2D eigenvalue weighted by Crippen LogP contribution is -2.11. The number of anilines is 3. The minimum atomic E-state index is 0.635. The maximum Gasteiger partial charge on any atom is 0.227 e. The van der Waals surface area contributed by atoms with Crippen molar-refractivity contribution >= 4 is 59.7 Å². The van der Waals surface area contributed by atoms with Gasteiger partial charge in [-0.25, -0.2) is 4.98 Å². The van der Waals surface area contributed by atoms with Crippen LogP contribution in [0.25, 0.3) is 76.1 Å². The van der Waals surface area contributed by atoms with Gasteiger partial charge in [-0.15, -0.1) is 11.3 Å². The molecule has 2 heterocycles. The van der Waals surface area contributed by atoms with E-state index in [4.69, 9.17) is 9.40 Å². The smallest absolute Gasteiger partial charge is 0.227 e. The van der Waals surface area contributed by atoms with Gasteiger partial charge in [-0.1, -0.05) is 140 Å². The molecule has 0 aliphatic carbocycles. The van der Waals surface area contributed by atoms with Crippen molar-refractivity contribution in [3.05, 3.63) is 194 Å². The Morgan fingerprint density at radius 2 is 0.981 bits per heavy atom. The topological polar surface area (TPSA) is 29.3 Å². The highest BCUT2D eigenvalue weighted by Gasteiger charge is 2.21. The molecule has 0 amide bonds. The first-order valence-electron chi connectivity index (χ1n) is 17.8. The molecule has 4 heteroatoms. The zero-order valence-corrected chi connectivity index (χ0v) is 29.5. The number of rotatable bonds is 7. The molecule has 10 rings (SSSR count). The van der Waals surface area contributed by atoms with Crippen molar-refractivity contribution < 1.29 is 4.42 Å². The predicted molar refractivity (Wildman–Crippen MR) is 223 cm³/mol. The number of nitrogens with zero attached hydrogens (tertiary/aromatic N) is 2. The van der Waals surface area contributed by atoms with E-state index >= 15 is 0 Å². The van der Waals surface area contributed by atoms with Crippen molar-refractivity contribution in [2.24, 2.45) is 0 Å². The molecular weight excluding hydrogens is 665 g/mol. The van der Waals surface area contributed by atoms with Gasteiger partial charge in [-0.3, -0.25) is 0 Å². The monoisotopic (exact) mass is 696 g/mol. The fourth-order valence-corrected chi connectivity index (χ4v) is 8.62. The van der Waals surface area contributed by atoms with Crippen LogP contribution in [-0.2, 0) is 0 Å². The summed E-state index contributed by atoms with van der Waals surface area (Å²) in [5.74, 6) is 0.635. The minimum Gasteiger partial charge on any atom is -0.436 e. The molecule has 3 nitrogen and oxygen atoms in total. The fourth-order valence-electron chi connectivity index (χ4n) is 7.38. The number of hydrogen-bond donors (Lipinski definition) is 0. The molecule has 10 aromatic rings. The highest BCUT2D eigenvalue weighted by molar-refractivity contribution is 7.26. The molecule has 53 heavy (non-hydrogen) atoms. The van der Waals surface area contributed by atoms with Crippen molar-refractivity contribution in [1.82, 2.24) is 4.98 Å². The van der Waals surface area contributed by atoms with Gasteiger partial charge in [0.25, 0.3) is 0 Å². The lowest BCUT2D eigenvalue weighted by Gasteiger charge is -2.28. The summed E-state index contributed by atoms with van der Waals surface area (Å²) in [5, 5.41) is 2.34. The third-order valence-electron chi connectivity index (χ3n) is 9.93. The number of hydrogen-bond acceptors (Lipinski definition) is 4. The number of benzene rings is 8. The van der Waals surface area contributed by atoms with Crippen molar-refractivity contribution in [3.63, 3.8) is 0 Å². The predicted octanol–water partition coefficient (Wildman–Crippen LogP) is 14.3. The highest BCUT2D eigenvalue weighted by Crippen LogP contribution is 2.46. The summed E-state index contributed by atoms with van der Waals surface area (Å²) < 4.78 is 8.95. The number of thiophene rings is 1. The lowest BCUT2D eigenvalue weighted by atomic mass is 9.99. The zero-order valence-electron chi connectivity index (χ0n) is 28.7. The normalized spacial score (nSPS) is 11.4. The third kappa shape index (κ3) is 5.57. The second-order valence-corrected chi connectivity index (χ2v) is 14.2. The summed E-state index contributed by atoms with van der Waals surface area (Å²) in [5.41, 5.74) is 12.9. The standard InChI is InChI=1S/C49H32N2OS/c1-4-14-33(15-5-1)34-24-28-38(29-25-34)51(43-22-12-10-20-40(43)35-16-6-2-7-17-35)39-30-26-36(27-31-39)42-32-44-47(50-49(52-44)37-18-8-3-9-19-37)46-41-21-11-13-23-45(41)53-48(42)46/h1-32H. The van der Waals surface area contributed by atoms with Crippen LogP contribution in [0.1, 0.15) is 0 Å². The van der Waals surface area contributed by atoms with E-state index < -0.39 is 0 Å². The van der Waals surface area contributed by atoms with E-state index in [-0.39, 0.29) is 0 Å². The van der Waals surface area contributed by atoms with Gasteiger partial charge in [0.05, 0.1) is 5.69 Å². The number of oxazole rings is 1. The average molecular weight is 697 g/mol. The lowest BCUT2D eigenvalue weighted by molar-refractivity contribution is 0.620. The van der Waals surface area contributed by atoms with Crippen LogP contribution in [0.2, 0.25) is 0 Å². The average Bonchev–Trinajstić information content (AvgIpc) is 3.85. The first kappa shape index (κ1) is 31.0. The quantitative estimate of drug-likeness (QED) is 0.166. The molecule has 8 aromatic carbocycles. The minimum absolute atomic E-state index is 0.635. The van der Waals surface area contributed by atoms with Crippen LogP contribution >= 0.6 is 11.3 Å². The van der Waals surface area contributed by atoms with E-state index in [0.717, 1.165) is 50.2 Å². The molecule has 0 N–H and O–H groups in total. The molecule has 0 aliphatic rings. The Labute approximate surface area is 311 Å². The maximum absolute atomic E-state index is 6.50. The van der Waals surface area contributed by atoms with Crippen molar-refractivity contribution in [3.8, 4) is 44.8 Å². The molecule has 0 spiro atoms. The maximum atomic E-state index is 6.50. The summed E-state index contributed by atoms with van der Waals surface area (Å²) >= 11 is 1.81. The highest BCUT2D eigenvalue weighted by atomic mass is 32.1. The molecule has 0 aliphatic heterocycles. The van der Waals surface area contributed by atoms with E-state index in [0.29, 0.717) is 5.89 Å². The van der Waals surface area contributed by atoms with Crippen molar-refractivity contribution in [2.45, 2.75) is 0 Å². The third-order valence-corrected chi connectivity index (χ3v) is 11.1. The van der Waals surface area contributed by atoms with Crippen LogP contribution < -0.4 is 4.90 Å². The largest absolute Gasteiger partial charge is 0.436 e. The van der Waals surface area contributed by atoms with Gasteiger partial charge in [0.1, 0.15) is 5.52 Å². The molecule has 0 bridgehead atoms. The van der Waals surface area contributed by atoms with Gasteiger partial charge in [0.15, 0.2) is 5.58 Å².